The van der Waals surface area contributed by atoms with Gasteiger partial charge in [-0.3, -0.25) is 24.0 Å². The molecule has 3 unspecified atom stereocenters. The molecule has 0 saturated carbocycles. The number of carboxylic acids is 1. The van der Waals surface area contributed by atoms with Gasteiger partial charge in [-0.1, -0.05) is 13.8 Å². The highest BCUT2D eigenvalue weighted by Crippen LogP contribution is 2.06. The fourth-order valence-corrected chi connectivity index (χ4v) is 1.97. The van der Waals surface area contributed by atoms with Crippen LogP contribution in [0.4, 0.5) is 0 Å². The number of nitrogens with one attached hydrogen (secondary N) is 3. The molecule has 3 atom stereocenters. The van der Waals surface area contributed by atoms with Crippen LogP contribution < -0.4 is 27.4 Å². The Kier molecular flexibility index (Phi) is 9.89. The molecule has 0 radical (unpaired) electrons. The van der Waals surface area contributed by atoms with E-state index in [0.29, 0.717) is 0 Å². The zero-order chi connectivity index (χ0) is 20.4. The SMILES string of the molecule is CC(C)CC(NC(=O)C(C)N)C(=O)NC(CC(N)=O)C(=O)NCC(=O)O. The summed E-state index contributed by atoms with van der Waals surface area (Å²) in [4.78, 5) is 57.9. The van der Waals surface area contributed by atoms with E-state index in [1.165, 1.54) is 6.92 Å². The van der Waals surface area contributed by atoms with Gasteiger partial charge >= 0.3 is 5.97 Å². The number of carboxylic acid groups (broad SMARTS) is 1. The van der Waals surface area contributed by atoms with E-state index in [4.69, 9.17) is 16.6 Å². The monoisotopic (exact) mass is 373 g/mol. The molecule has 11 nitrogen and oxygen atoms in total. The van der Waals surface area contributed by atoms with Crippen molar-refractivity contribution < 1.29 is 29.1 Å². The molecule has 0 aliphatic heterocycles. The summed E-state index contributed by atoms with van der Waals surface area (Å²) in [5.74, 6) is -4.24. The lowest BCUT2D eigenvalue weighted by atomic mass is 10.0. The van der Waals surface area contributed by atoms with Crippen molar-refractivity contribution in [3.05, 3.63) is 0 Å². The molecule has 0 rings (SSSR count). The van der Waals surface area contributed by atoms with Crippen molar-refractivity contribution in [2.75, 3.05) is 6.54 Å². The predicted octanol–water partition coefficient (Wildman–Crippen LogP) is -2.57. The Bertz CT molecular complexity index is 549. The van der Waals surface area contributed by atoms with Gasteiger partial charge in [0.2, 0.25) is 23.6 Å². The van der Waals surface area contributed by atoms with Crippen LogP contribution in [0, 0.1) is 5.92 Å². The Morgan fingerprint density at radius 2 is 1.46 bits per heavy atom. The molecule has 0 aromatic heterocycles. The van der Waals surface area contributed by atoms with Gasteiger partial charge in [-0.25, -0.2) is 0 Å². The second kappa shape index (κ2) is 11.0. The lowest BCUT2D eigenvalue weighted by Crippen LogP contribution is -2.56. The molecule has 26 heavy (non-hydrogen) atoms. The summed E-state index contributed by atoms with van der Waals surface area (Å²) in [6.07, 6.45) is -0.253. The highest BCUT2D eigenvalue weighted by atomic mass is 16.4. The summed E-state index contributed by atoms with van der Waals surface area (Å²) < 4.78 is 0. The number of hydrogen-bond donors (Lipinski definition) is 6. The molecule has 148 valence electrons. The van der Waals surface area contributed by atoms with E-state index >= 15 is 0 Å². The number of nitrogens with two attached hydrogens (primary N) is 2. The maximum atomic E-state index is 12.5. The molecule has 0 heterocycles. The Morgan fingerprint density at radius 3 is 1.88 bits per heavy atom. The summed E-state index contributed by atoms with van der Waals surface area (Å²) in [6, 6.07) is -3.17. The molecule has 4 amide bonds. The Balaban J connectivity index is 5.17. The minimum Gasteiger partial charge on any atom is -0.480 e. The minimum atomic E-state index is -1.36. The van der Waals surface area contributed by atoms with Gasteiger partial charge in [-0.05, 0) is 19.3 Å². The van der Waals surface area contributed by atoms with E-state index < -0.39 is 60.7 Å². The van der Waals surface area contributed by atoms with Gasteiger partial charge in [-0.15, -0.1) is 0 Å². The van der Waals surface area contributed by atoms with Gasteiger partial charge in [0, 0.05) is 0 Å². The van der Waals surface area contributed by atoms with Crippen LogP contribution in [0.3, 0.4) is 0 Å². The van der Waals surface area contributed by atoms with Crippen LogP contribution in [0.1, 0.15) is 33.6 Å². The van der Waals surface area contributed by atoms with Gasteiger partial charge in [0.05, 0.1) is 12.5 Å². The van der Waals surface area contributed by atoms with E-state index in [2.05, 4.69) is 16.0 Å². The van der Waals surface area contributed by atoms with E-state index in [-0.39, 0.29) is 12.3 Å². The van der Waals surface area contributed by atoms with Crippen molar-refractivity contribution >= 4 is 29.6 Å². The van der Waals surface area contributed by atoms with Gasteiger partial charge < -0.3 is 32.5 Å². The molecule has 0 aliphatic rings. The number of primary amides is 1. The maximum absolute atomic E-state index is 12.5. The van der Waals surface area contributed by atoms with Gasteiger partial charge in [-0.2, -0.15) is 0 Å². The topological polar surface area (TPSA) is 194 Å². The second-order valence-electron chi connectivity index (χ2n) is 6.32. The van der Waals surface area contributed by atoms with Crippen LogP contribution in [0.5, 0.6) is 0 Å². The number of amides is 4. The minimum absolute atomic E-state index is 0.0366. The lowest BCUT2D eigenvalue weighted by Gasteiger charge is -2.24. The molecule has 0 bridgehead atoms. The van der Waals surface area contributed by atoms with Crippen LogP contribution >= 0.6 is 0 Å². The number of carbonyl (C=O) groups is 5. The number of aliphatic carboxylic acids is 1. The summed E-state index contributed by atoms with van der Waals surface area (Å²) in [5.41, 5.74) is 10.5. The first-order chi connectivity index (χ1) is 11.9. The van der Waals surface area contributed by atoms with Crippen molar-refractivity contribution in [2.45, 2.75) is 51.7 Å². The molecule has 0 aromatic rings. The number of carbonyl (C=O) groups excluding carboxylic acids is 4. The number of rotatable bonds is 11. The smallest absolute Gasteiger partial charge is 0.322 e. The van der Waals surface area contributed by atoms with Gasteiger partial charge in [0.15, 0.2) is 0 Å². The highest BCUT2D eigenvalue weighted by molar-refractivity contribution is 5.95. The molecule has 0 saturated heterocycles. The third-order valence-corrected chi connectivity index (χ3v) is 3.21. The second-order valence-corrected chi connectivity index (χ2v) is 6.32. The van der Waals surface area contributed by atoms with Crippen molar-refractivity contribution in [1.82, 2.24) is 16.0 Å². The lowest BCUT2D eigenvalue weighted by molar-refractivity contribution is -0.138. The molecular formula is C15H27N5O6. The van der Waals surface area contributed by atoms with Crippen LogP contribution in [-0.4, -0.2) is 59.4 Å². The Morgan fingerprint density at radius 1 is 0.923 bits per heavy atom. The quantitative estimate of drug-likeness (QED) is 0.229. The number of hydrogen-bond acceptors (Lipinski definition) is 6. The summed E-state index contributed by atoms with van der Waals surface area (Å²) in [7, 11) is 0. The first-order valence-corrected chi connectivity index (χ1v) is 8.08. The Hall–Kier alpha value is -2.69. The zero-order valence-corrected chi connectivity index (χ0v) is 15.1. The molecule has 8 N–H and O–H groups in total. The molecule has 0 aromatic carbocycles. The van der Waals surface area contributed by atoms with Crippen molar-refractivity contribution in [3.63, 3.8) is 0 Å². The van der Waals surface area contributed by atoms with Gasteiger partial charge in [0.1, 0.15) is 18.6 Å². The molecular weight excluding hydrogens is 346 g/mol. The molecule has 0 aliphatic carbocycles. The average Bonchev–Trinajstić information content (AvgIpc) is 2.49. The normalized spacial score (nSPS) is 14.0. The molecule has 11 heteroatoms. The summed E-state index contributed by atoms with van der Waals surface area (Å²) in [5, 5.41) is 15.5. The van der Waals surface area contributed by atoms with Gasteiger partial charge in [0.25, 0.3) is 0 Å². The van der Waals surface area contributed by atoms with E-state index in [0.717, 1.165) is 0 Å². The highest BCUT2D eigenvalue weighted by Gasteiger charge is 2.29. The van der Waals surface area contributed by atoms with Crippen LogP contribution in [0.15, 0.2) is 0 Å². The van der Waals surface area contributed by atoms with Crippen molar-refractivity contribution in [2.24, 2.45) is 17.4 Å². The predicted molar refractivity (Wildman–Crippen MR) is 91.4 cm³/mol. The molecule has 0 spiro atoms. The summed E-state index contributed by atoms with van der Waals surface area (Å²) >= 11 is 0. The van der Waals surface area contributed by atoms with Crippen molar-refractivity contribution in [1.29, 1.82) is 0 Å². The largest absolute Gasteiger partial charge is 0.480 e. The fraction of sp³-hybridized carbons (Fsp3) is 0.667. The first-order valence-electron chi connectivity index (χ1n) is 8.08. The van der Waals surface area contributed by atoms with E-state index in [1.807, 2.05) is 13.8 Å². The fourth-order valence-electron chi connectivity index (χ4n) is 1.97. The zero-order valence-electron chi connectivity index (χ0n) is 15.1. The van der Waals surface area contributed by atoms with Crippen LogP contribution in [0.25, 0.3) is 0 Å². The third kappa shape index (κ3) is 9.57. The van der Waals surface area contributed by atoms with Crippen LogP contribution in [0.2, 0.25) is 0 Å². The van der Waals surface area contributed by atoms with E-state index in [1.54, 1.807) is 0 Å². The average molecular weight is 373 g/mol. The molecule has 0 fully saturated rings. The van der Waals surface area contributed by atoms with Crippen molar-refractivity contribution in [3.8, 4) is 0 Å². The first kappa shape index (κ1) is 23.3. The third-order valence-electron chi connectivity index (χ3n) is 3.21. The standard InChI is InChI=1S/C15H27N5O6/c1-7(2)4-9(19-13(24)8(3)16)15(26)20-10(5-11(17)21)14(25)18-6-12(22)23/h7-10H,4-6,16H2,1-3H3,(H2,17,21)(H,18,25)(H,19,24)(H,20,26)(H,22,23). The van der Waals surface area contributed by atoms with E-state index in [9.17, 15) is 24.0 Å². The Labute approximate surface area is 151 Å². The summed E-state index contributed by atoms with van der Waals surface area (Å²) in [6.45, 7) is 4.44. The van der Waals surface area contributed by atoms with Crippen LogP contribution in [-0.2, 0) is 24.0 Å². The maximum Gasteiger partial charge on any atom is 0.322 e.